The van der Waals surface area contributed by atoms with Crippen LogP contribution in [0.15, 0.2) is 71.8 Å². The van der Waals surface area contributed by atoms with Gasteiger partial charge in [-0.3, -0.25) is 0 Å². The van der Waals surface area contributed by atoms with Crippen molar-refractivity contribution in [1.29, 1.82) is 0 Å². The number of carbonyl (C=O) groups is 1. The minimum absolute atomic E-state index is 0.0922. The first-order chi connectivity index (χ1) is 18.9. The normalized spacial score (nSPS) is 18.1. The van der Waals surface area contributed by atoms with Gasteiger partial charge in [0.05, 0.1) is 35.0 Å². The molecule has 210 valence electrons. The molecule has 2 unspecified atom stereocenters. The molecule has 10 nitrogen and oxygen atoms in total. The average Bonchev–Trinajstić information content (AvgIpc) is 3.31. The van der Waals surface area contributed by atoms with Crippen molar-refractivity contribution < 1.29 is 23.1 Å². The van der Waals surface area contributed by atoms with Crippen LogP contribution in [0.3, 0.4) is 0 Å². The zero-order valence-corrected chi connectivity index (χ0v) is 23.7. The van der Waals surface area contributed by atoms with Gasteiger partial charge in [0, 0.05) is 30.0 Å². The highest BCUT2D eigenvalue weighted by Gasteiger charge is 2.33. The second-order valence-electron chi connectivity index (χ2n) is 11.1. The number of likely N-dealkylation sites (tertiary alicyclic amines) is 1. The number of amides is 1. The van der Waals surface area contributed by atoms with Crippen LogP contribution in [0, 0.1) is 0 Å². The van der Waals surface area contributed by atoms with Gasteiger partial charge in [-0.05, 0) is 69.2 Å². The van der Waals surface area contributed by atoms with Gasteiger partial charge in [-0.25, -0.2) is 22.7 Å². The quantitative estimate of drug-likeness (QED) is 0.360. The van der Waals surface area contributed by atoms with Gasteiger partial charge in [0.25, 0.3) is 0 Å². The van der Waals surface area contributed by atoms with Crippen LogP contribution >= 0.6 is 0 Å². The molecule has 5 rings (SSSR count). The summed E-state index contributed by atoms with van der Waals surface area (Å²) in [6.45, 7) is 6.20. The fourth-order valence-electron chi connectivity index (χ4n) is 4.82. The largest absolute Gasteiger partial charge is 0.444 e. The lowest BCUT2D eigenvalue weighted by Crippen LogP contribution is -2.47. The summed E-state index contributed by atoms with van der Waals surface area (Å²) in [5, 5.41) is 18.6. The Morgan fingerprint density at radius 2 is 1.85 bits per heavy atom. The number of sulfone groups is 1. The van der Waals surface area contributed by atoms with Crippen LogP contribution in [-0.4, -0.2) is 70.2 Å². The van der Waals surface area contributed by atoms with Crippen LogP contribution in [0.25, 0.3) is 16.8 Å². The first kappa shape index (κ1) is 27.6. The molecule has 0 radical (unpaired) electrons. The third kappa shape index (κ3) is 6.10. The van der Waals surface area contributed by atoms with Gasteiger partial charge in [0.15, 0.2) is 9.84 Å². The maximum atomic E-state index is 12.4. The van der Waals surface area contributed by atoms with E-state index in [1.807, 2.05) is 63.2 Å². The van der Waals surface area contributed by atoms with E-state index < -0.39 is 27.6 Å². The number of anilines is 2. The number of rotatable bonds is 5. The highest BCUT2D eigenvalue weighted by molar-refractivity contribution is 7.90. The summed E-state index contributed by atoms with van der Waals surface area (Å²) in [5.74, 6) is 0.285. The van der Waals surface area contributed by atoms with Gasteiger partial charge < -0.3 is 20.1 Å². The lowest BCUT2D eigenvalue weighted by molar-refractivity contribution is -0.00151. The summed E-state index contributed by atoms with van der Waals surface area (Å²) < 4.78 is 31.2. The van der Waals surface area contributed by atoms with E-state index in [-0.39, 0.29) is 17.4 Å². The molecule has 40 heavy (non-hydrogen) atoms. The molecule has 1 amide bonds. The molecular formula is C29H33N5O5S. The summed E-state index contributed by atoms with van der Waals surface area (Å²) in [4.78, 5) is 18.6. The molecule has 2 N–H and O–H groups in total. The summed E-state index contributed by atoms with van der Waals surface area (Å²) >= 11 is 0. The van der Waals surface area contributed by atoms with Crippen molar-refractivity contribution in [2.45, 2.75) is 49.7 Å². The van der Waals surface area contributed by atoms with Crippen molar-refractivity contribution in [1.82, 2.24) is 19.5 Å². The zero-order chi connectivity index (χ0) is 28.7. The average molecular weight is 564 g/mol. The highest BCUT2D eigenvalue weighted by atomic mass is 32.2. The van der Waals surface area contributed by atoms with Crippen LogP contribution in [0.5, 0.6) is 0 Å². The van der Waals surface area contributed by atoms with E-state index in [2.05, 4.69) is 15.4 Å². The number of fused-ring (bicyclic) bond motifs is 1. The van der Waals surface area contributed by atoms with Crippen LogP contribution in [-0.2, 0) is 14.6 Å². The van der Waals surface area contributed by atoms with Crippen molar-refractivity contribution in [3.63, 3.8) is 0 Å². The number of aliphatic hydroxyl groups is 1. The number of nitrogens with zero attached hydrogens (tertiary/aromatic N) is 4. The fraction of sp³-hybridized carbons (Fsp3) is 0.345. The summed E-state index contributed by atoms with van der Waals surface area (Å²) in [7, 11) is -3.34. The lowest BCUT2D eigenvalue weighted by atomic mass is 9.87. The smallest absolute Gasteiger partial charge is 0.410 e. The SMILES string of the molecule is CC(C)(C)OC(=O)N1CCC(c2ccc(Nc3ncc4ccc(-c5cccc(S(C)(=O)=O)c5)n4n3)cc2)C(O)C1. The summed E-state index contributed by atoms with van der Waals surface area (Å²) in [6.07, 6.45) is 2.41. The number of carbonyl (C=O) groups excluding carboxylic acids is 1. The van der Waals surface area contributed by atoms with Crippen LogP contribution in [0.2, 0.25) is 0 Å². The van der Waals surface area contributed by atoms with Crippen molar-refractivity contribution >= 4 is 33.1 Å². The topological polar surface area (TPSA) is 126 Å². The lowest BCUT2D eigenvalue weighted by Gasteiger charge is -2.37. The molecule has 1 saturated heterocycles. The fourth-order valence-corrected chi connectivity index (χ4v) is 5.49. The standard InChI is InChI=1S/C29H33N5O5S/c1-29(2,3)39-28(36)33-15-14-24(26(35)18-33)19-8-10-21(11-9-19)31-27-30-17-22-12-13-25(34(22)32-27)20-6-5-7-23(16-20)40(4,37)38/h5-13,16-17,24,26,35H,14-15,18H2,1-4H3,(H,31,32). The number of hydrogen-bond donors (Lipinski definition) is 2. The molecular weight excluding hydrogens is 530 g/mol. The molecule has 3 heterocycles. The van der Waals surface area contributed by atoms with E-state index in [1.165, 1.54) is 6.26 Å². The second kappa shape index (κ2) is 10.5. The highest BCUT2D eigenvalue weighted by Crippen LogP contribution is 2.31. The van der Waals surface area contributed by atoms with Gasteiger partial charge in [-0.1, -0.05) is 24.3 Å². The Bertz CT molecular complexity index is 1640. The number of aliphatic hydroxyl groups excluding tert-OH is 1. The molecule has 2 aromatic heterocycles. The summed E-state index contributed by atoms with van der Waals surface area (Å²) in [6, 6.07) is 18.2. The number of hydrogen-bond acceptors (Lipinski definition) is 8. The second-order valence-corrected chi connectivity index (χ2v) is 13.1. The Balaban J connectivity index is 1.29. The van der Waals surface area contributed by atoms with Gasteiger partial charge >= 0.3 is 6.09 Å². The first-order valence-electron chi connectivity index (χ1n) is 13.1. The van der Waals surface area contributed by atoms with Crippen molar-refractivity contribution in [2.24, 2.45) is 0 Å². The van der Waals surface area contributed by atoms with Crippen molar-refractivity contribution in [3.05, 3.63) is 72.4 Å². The number of ether oxygens (including phenoxy) is 1. The van der Waals surface area contributed by atoms with Gasteiger partial charge in [-0.2, -0.15) is 0 Å². The van der Waals surface area contributed by atoms with E-state index in [9.17, 15) is 18.3 Å². The molecule has 1 fully saturated rings. The number of β-amino-alcohol motifs (C(OH)–C–C–N with tert-alkyl or cyclic N) is 1. The molecule has 11 heteroatoms. The molecule has 1 aliphatic heterocycles. The van der Waals surface area contributed by atoms with Crippen molar-refractivity contribution in [3.8, 4) is 11.3 Å². The number of benzene rings is 2. The van der Waals surface area contributed by atoms with E-state index in [0.717, 1.165) is 28.0 Å². The predicted molar refractivity (Wildman–Crippen MR) is 152 cm³/mol. The van der Waals surface area contributed by atoms with Crippen LogP contribution in [0.4, 0.5) is 16.4 Å². The molecule has 4 aromatic rings. The van der Waals surface area contributed by atoms with E-state index in [0.29, 0.717) is 18.9 Å². The third-order valence-corrected chi connectivity index (χ3v) is 7.90. The number of aromatic nitrogens is 3. The molecule has 2 atom stereocenters. The van der Waals surface area contributed by atoms with Crippen molar-refractivity contribution in [2.75, 3.05) is 24.7 Å². The predicted octanol–water partition coefficient (Wildman–Crippen LogP) is 4.63. The minimum atomic E-state index is -3.34. The molecule has 0 aliphatic carbocycles. The summed E-state index contributed by atoms with van der Waals surface area (Å²) in [5.41, 5.74) is 3.42. The van der Waals surface area contributed by atoms with E-state index in [4.69, 9.17) is 4.74 Å². The number of piperidine rings is 1. The van der Waals surface area contributed by atoms with E-state index >= 15 is 0 Å². The van der Waals surface area contributed by atoms with E-state index in [1.54, 1.807) is 33.8 Å². The Labute approximate surface area is 233 Å². The monoisotopic (exact) mass is 563 g/mol. The Morgan fingerprint density at radius 1 is 1.10 bits per heavy atom. The van der Waals surface area contributed by atoms with Gasteiger partial charge in [-0.15, -0.1) is 5.10 Å². The molecule has 0 saturated carbocycles. The minimum Gasteiger partial charge on any atom is -0.444 e. The Morgan fingerprint density at radius 3 is 2.52 bits per heavy atom. The maximum Gasteiger partial charge on any atom is 0.410 e. The first-order valence-corrected chi connectivity index (χ1v) is 14.9. The third-order valence-electron chi connectivity index (χ3n) is 6.79. The molecule has 0 spiro atoms. The molecule has 1 aliphatic rings. The molecule has 0 bridgehead atoms. The van der Waals surface area contributed by atoms with Gasteiger partial charge in [0.1, 0.15) is 5.60 Å². The number of nitrogens with one attached hydrogen (secondary N) is 1. The Kier molecular flexibility index (Phi) is 7.28. The van der Waals surface area contributed by atoms with Gasteiger partial charge in [0.2, 0.25) is 5.95 Å². The van der Waals surface area contributed by atoms with Crippen LogP contribution in [0.1, 0.15) is 38.7 Å². The maximum absolute atomic E-state index is 12.4. The Hall–Kier alpha value is -3.96. The van der Waals surface area contributed by atoms with Crippen LogP contribution < -0.4 is 5.32 Å². The molecule has 2 aromatic carbocycles. The zero-order valence-electron chi connectivity index (χ0n) is 22.9.